The van der Waals surface area contributed by atoms with E-state index in [1.54, 1.807) is 10.9 Å². The number of nitrogens with one attached hydrogen (secondary N) is 1. The molecule has 0 unspecified atom stereocenters. The van der Waals surface area contributed by atoms with Crippen LogP contribution in [0.5, 0.6) is 0 Å². The Morgan fingerprint density at radius 3 is 2.42 bits per heavy atom. The molecule has 0 amide bonds. The fourth-order valence-corrected chi connectivity index (χ4v) is 2.01. The monoisotopic (exact) mass is 323 g/mol. The molecule has 0 radical (unpaired) electrons. The van der Waals surface area contributed by atoms with Crippen LogP contribution < -0.4 is 5.32 Å². The van der Waals surface area contributed by atoms with Gasteiger partial charge in [0.2, 0.25) is 0 Å². The Hall–Kier alpha value is -1.43. The van der Waals surface area contributed by atoms with Gasteiger partial charge in [0, 0.05) is 24.2 Å². The standard InChI is InChI=1S/C13H18BrN5/c1-8-10(15-5)17-12(13(2,3)4)18-11(8)19-7-9(14)6-16-19/h6-7H,1-5H3,(H,15,17,18). The smallest absolute Gasteiger partial charge is 0.162 e. The summed E-state index contributed by atoms with van der Waals surface area (Å²) in [5, 5.41) is 7.42. The first-order valence-corrected chi connectivity index (χ1v) is 6.89. The van der Waals surface area contributed by atoms with Gasteiger partial charge in [-0.25, -0.2) is 14.6 Å². The summed E-state index contributed by atoms with van der Waals surface area (Å²) in [7, 11) is 1.87. The van der Waals surface area contributed by atoms with Crippen LogP contribution in [0, 0.1) is 6.92 Å². The minimum Gasteiger partial charge on any atom is -0.373 e. The molecule has 2 heterocycles. The van der Waals surface area contributed by atoms with E-state index in [4.69, 9.17) is 0 Å². The third kappa shape index (κ3) is 2.78. The summed E-state index contributed by atoms with van der Waals surface area (Å²) in [6.07, 6.45) is 3.64. The quantitative estimate of drug-likeness (QED) is 0.922. The van der Waals surface area contributed by atoms with Gasteiger partial charge in [-0.2, -0.15) is 5.10 Å². The Labute approximate surface area is 121 Å². The normalized spacial score (nSPS) is 11.7. The molecule has 0 saturated carbocycles. The Morgan fingerprint density at radius 2 is 1.95 bits per heavy atom. The molecule has 2 aromatic heterocycles. The molecule has 0 bridgehead atoms. The van der Waals surface area contributed by atoms with Crippen LogP contribution in [0.15, 0.2) is 16.9 Å². The van der Waals surface area contributed by atoms with E-state index in [-0.39, 0.29) is 5.41 Å². The van der Waals surface area contributed by atoms with Crippen molar-refractivity contribution in [3.8, 4) is 5.82 Å². The lowest BCUT2D eigenvalue weighted by Crippen LogP contribution is -2.19. The third-order valence-corrected chi connectivity index (χ3v) is 3.21. The molecule has 0 aliphatic heterocycles. The van der Waals surface area contributed by atoms with E-state index in [0.717, 1.165) is 27.5 Å². The van der Waals surface area contributed by atoms with E-state index < -0.39 is 0 Å². The molecule has 0 aliphatic rings. The average Bonchev–Trinajstić information content (AvgIpc) is 2.74. The Balaban J connectivity index is 2.65. The minimum atomic E-state index is -0.113. The van der Waals surface area contributed by atoms with Crippen molar-refractivity contribution in [3.63, 3.8) is 0 Å². The zero-order valence-electron chi connectivity index (χ0n) is 11.8. The summed E-state index contributed by atoms with van der Waals surface area (Å²) in [5.74, 6) is 2.43. The van der Waals surface area contributed by atoms with E-state index in [1.165, 1.54) is 0 Å². The number of nitrogens with zero attached hydrogens (tertiary/aromatic N) is 4. The predicted molar refractivity (Wildman–Crippen MR) is 79.8 cm³/mol. The van der Waals surface area contributed by atoms with Crippen LogP contribution in [0.2, 0.25) is 0 Å². The Morgan fingerprint density at radius 1 is 1.26 bits per heavy atom. The van der Waals surface area contributed by atoms with Crippen molar-refractivity contribution in [3.05, 3.63) is 28.3 Å². The SMILES string of the molecule is CNc1nc(C(C)(C)C)nc(-n2cc(Br)cn2)c1C. The van der Waals surface area contributed by atoms with Crippen LogP contribution in [-0.2, 0) is 5.41 Å². The molecular weight excluding hydrogens is 306 g/mol. The van der Waals surface area contributed by atoms with Crippen LogP contribution in [0.25, 0.3) is 5.82 Å². The maximum atomic E-state index is 4.66. The van der Waals surface area contributed by atoms with Crippen molar-refractivity contribution in [2.45, 2.75) is 33.1 Å². The lowest BCUT2D eigenvalue weighted by Gasteiger charge is -2.20. The van der Waals surface area contributed by atoms with Gasteiger partial charge in [0.1, 0.15) is 11.6 Å². The largest absolute Gasteiger partial charge is 0.373 e. The number of rotatable bonds is 2. The number of hydrogen-bond acceptors (Lipinski definition) is 4. The fraction of sp³-hybridized carbons (Fsp3) is 0.462. The molecule has 6 heteroatoms. The number of halogens is 1. The molecule has 0 saturated heterocycles. The molecule has 0 spiro atoms. The molecule has 0 atom stereocenters. The first-order chi connectivity index (χ1) is 8.82. The lowest BCUT2D eigenvalue weighted by molar-refractivity contribution is 0.542. The van der Waals surface area contributed by atoms with Gasteiger partial charge in [0.05, 0.1) is 10.7 Å². The molecule has 0 aliphatic carbocycles. The van der Waals surface area contributed by atoms with E-state index in [1.807, 2.05) is 20.2 Å². The van der Waals surface area contributed by atoms with Crippen molar-refractivity contribution >= 4 is 21.7 Å². The Kier molecular flexibility index (Phi) is 3.62. The van der Waals surface area contributed by atoms with Crippen molar-refractivity contribution in [2.24, 2.45) is 0 Å². The molecule has 5 nitrogen and oxygen atoms in total. The summed E-state index contributed by atoms with van der Waals surface area (Å²) in [6.45, 7) is 8.28. The topological polar surface area (TPSA) is 55.6 Å². The highest BCUT2D eigenvalue weighted by Gasteiger charge is 2.21. The van der Waals surface area contributed by atoms with Crippen LogP contribution in [-0.4, -0.2) is 26.8 Å². The highest BCUT2D eigenvalue weighted by atomic mass is 79.9. The highest BCUT2D eigenvalue weighted by Crippen LogP contribution is 2.25. The minimum absolute atomic E-state index is 0.113. The van der Waals surface area contributed by atoms with E-state index in [2.05, 4.69) is 57.1 Å². The second-order valence-electron chi connectivity index (χ2n) is 5.45. The number of aromatic nitrogens is 4. The van der Waals surface area contributed by atoms with Crippen LogP contribution in [0.3, 0.4) is 0 Å². The molecule has 0 fully saturated rings. The maximum absolute atomic E-state index is 4.66. The summed E-state index contributed by atoms with van der Waals surface area (Å²) in [6, 6.07) is 0. The summed E-state index contributed by atoms with van der Waals surface area (Å²) < 4.78 is 2.69. The van der Waals surface area contributed by atoms with Crippen molar-refractivity contribution in [1.82, 2.24) is 19.7 Å². The van der Waals surface area contributed by atoms with E-state index >= 15 is 0 Å². The molecule has 0 aromatic carbocycles. The van der Waals surface area contributed by atoms with Gasteiger partial charge in [-0.1, -0.05) is 20.8 Å². The predicted octanol–water partition coefficient (Wildman–Crippen LogP) is 3.07. The molecule has 19 heavy (non-hydrogen) atoms. The van der Waals surface area contributed by atoms with Crippen molar-refractivity contribution in [1.29, 1.82) is 0 Å². The summed E-state index contributed by atoms with van der Waals surface area (Å²) in [4.78, 5) is 9.24. The van der Waals surface area contributed by atoms with Crippen LogP contribution in [0.4, 0.5) is 5.82 Å². The molecule has 102 valence electrons. The fourth-order valence-electron chi connectivity index (χ4n) is 1.72. The van der Waals surface area contributed by atoms with Crippen molar-refractivity contribution < 1.29 is 0 Å². The lowest BCUT2D eigenvalue weighted by atomic mass is 9.95. The van der Waals surface area contributed by atoms with E-state index in [9.17, 15) is 0 Å². The van der Waals surface area contributed by atoms with Gasteiger partial charge < -0.3 is 5.32 Å². The summed E-state index contributed by atoms with van der Waals surface area (Å²) >= 11 is 3.41. The maximum Gasteiger partial charge on any atom is 0.162 e. The second kappa shape index (κ2) is 4.92. The van der Waals surface area contributed by atoms with Crippen LogP contribution >= 0.6 is 15.9 Å². The molecule has 2 aromatic rings. The molecular formula is C13H18BrN5. The van der Waals surface area contributed by atoms with Crippen LogP contribution in [0.1, 0.15) is 32.2 Å². The Bertz CT molecular complexity index is 598. The highest BCUT2D eigenvalue weighted by molar-refractivity contribution is 9.10. The second-order valence-corrected chi connectivity index (χ2v) is 6.36. The molecule has 2 rings (SSSR count). The number of hydrogen-bond donors (Lipinski definition) is 1. The zero-order valence-corrected chi connectivity index (χ0v) is 13.4. The average molecular weight is 324 g/mol. The zero-order chi connectivity index (χ0) is 14.2. The first-order valence-electron chi connectivity index (χ1n) is 6.10. The van der Waals surface area contributed by atoms with Gasteiger partial charge >= 0.3 is 0 Å². The number of anilines is 1. The van der Waals surface area contributed by atoms with Gasteiger partial charge in [-0.15, -0.1) is 0 Å². The van der Waals surface area contributed by atoms with Gasteiger partial charge in [0.25, 0.3) is 0 Å². The first kappa shape index (κ1) is 14.0. The van der Waals surface area contributed by atoms with Gasteiger partial charge in [-0.05, 0) is 22.9 Å². The van der Waals surface area contributed by atoms with Gasteiger partial charge in [-0.3, -0.25) is 0 Å². The van der Waals surface area contributed by atoms with Crippen molar-refractivity contribution in [2.75, 3.05) is 12.4 Å². The third-order valence-electron chi connectivity index (χ3n) is 2.80. The molecule has 1 N–H and O–H groups in total. The van der Waals surface area contributed by atoms with E-state index in [0.29, 0.717) is 0 Å². The van der Waals surface area contributed by atoms with Gasteiger partial charge in [0.15, 0.2) is 5.82 Å². The summed E-state index contributed by atoms with van der Waals surface area (Å²) in [5.41, 5.74) is 0.865.